The number of carbonyl (C=O) groups excluding carboxylic acids is 2. The van der Waals surface area contributed by atoms with Crippen LogP contribution in [0.2, 0.25) is 0 Å². The van der Waals surface area contributed by atoms with Crippen molar-refractivity contribution in [3.05, 3.63) is 34.8 Å². The number of oxazole rings is 1. The predicted octanol–water partition coefficient (Wildman–Crippen LogP) is 3.31. The number of para-hydroxylation sites is 2. The first-order valence-electron chi connectivity index (χ1n) is 10.3. The zero-order valence-electron chi connectivity index (χ0n) is 15.9. The van der Waals surface area contributed by atoms with Crippen molar-refractivity contribution in [3.63, 3.8) is 0 Å². The first-order valence-corrected chi connectivity index (χ1v) is 10.3. The van der Waals surface area contributed by atoms with Gasteiger partial charge in [-0.15, -0.1) is 0 Å². The number of Topliss-reactive ketones (excluding diaryl/α,β-unsaturated/α-hetero) is 1. The highest BCUT2D eigenvalue weighted by atomic mass is 16.5. The van der Waals surface area contributed by atoms with Gasteiger partial charge in [0.15, 0.2) is 18.0 Å². The minimum absolute atomic E-state index is 0.0393. The Balaban J connectivity index is 1.18. The highest BCUT2D eigenvalue weighted by Crippen LogP contribution is 2.60. The van der Waals surface area contributed by atoms with E-state index in [-0.39, 0.29) is 30.8 Å². The number of rotatable bonds is 6. The normalized spacial score (nSPS) is 30.6. The number of ketones is 1. The van der Waals surface area contributed by atoms with Crippen molar-refractivity contribution >= 4 is 22.9 Å². The Hall–Kier alpha value is -2.37. The van der Waals surface area contributed by atoms with Crippen LogP contribution >= 0.6 is 0 Å². The molecule has 4 saturated carbocycles. The van der Waals surface area contributed by atoms with Gasteiger partial charge in [-0.3, -0.25) is 14.2 Å². The van der Waals surface area contributed by atoms with Crippen LogP contribution in [0.3, 0.4) is 0 Å². The van der Waals surface area contributed by atoms with Gasteiger partial charge in [-0.2, -0.15) is 0 Å². The van der Waals surface area contributed by atoms with E-state index in [1.807, 2.05) is 6.07 Å². The third-order valence-electron chi connectivity index (χ3n) is 7.11. The van der Waals surface area contributed by atoms with E-state index in [0.717, 1.165) is 19.3 Å². The molecule has 2 aromatic rings. The van der Waals surface area contributed by atoms with Crippen molar-refractivity contribution in [2.45, 2.75) is 51.5 Å². The number of carbonyl (C=O) groups is 2. The highest BCUT2D eigenvalue weighted by molar-refractivity contribution is 5.88. The second kappa shape index (κ2) is 6.61. The van der Waals surface area contributed by atoms with Crippen LogP contribution in [0.5, 0.6) is 0 Å². The van der Waals surface area contributed by atoms with Crippen molar-refractivity contribution in [1.82, 2.24) is 4.57 Å². The molecule has 0 amide bonds. The van der Waals surface area contributed by atoms with E-state index in [1.165, 1.54) is 23.8 Å². The van der Waals surface area contributed by atoms with Crippen LogP contribution in [0.4, 0.5) is 0 Å². The summed E-state index contributed by atoms with van der Waals surface area (Å²) in [5.74, 6) is 1.23. The summed E-state index contributed by atoms with van der Waals surface area (Å²) in [7, 11) is 0. The fourth-order valence-corrected chi connectivity index (χ4v) is 6.25. The summed E-state index contributed by atoms with van der Waals surface area (Å²) in [6.45, 7) is 0.0479. The Morgan fingerprint density at radius 2 is 1.71 bits per heavy atom. The number of aromatic nitrogens is 1. The Bertz CT molecular complexity index is 949. The number of benzene rings is 1. The molecule has 0 spiro atoms. The van der Waals surface area contributed by atoms with Crippen molar-refractivity contribution in [2.24, 2.45) is 23.2 Å². The van der Waals surface area contributed by atoms with Crippen LogP contribution < -0.4 is 5.76 Å². The number of hydrogen-bond acceptors (Lipinski definition) is 5. The summed E-state index contributed by atoms with van der Waals surface area (Å²) in [5, 5.41) is 0. The molecular weight excluding hydrogens is 358 g/mol. The number of hydrogen-bond donors (Lipinski definition) is 0. The molecule has 0 saturated heterocycles. The third-order valence-corrected chi connectivity index (χ3v) is 7.11. The van der Waals surface area contributed by atoms with Crippen LogP contribution in [0, 0.1) is 23.2 Å². The number of nitrogens with zero attached hydrogens (tertiary/aromatic N) is 1. The van der Waals surface area contributed by atoms with Gasteiger partial charge in [0.25, 0.3) is 0 Å². The molecule has 4 aliphatic rings. The summed E-state index contributed by atoms with van der Waals surface area (Å²) in [6.07, 6.45) is 6.81. The third kappa shape index (κ3) is 2.99. The summed E-state index contributed by atoms with van der Waals surface area (Å²) >= 11 is 0. The monoisotopic (exact) mass is 383 g/mol. The van der Waals surface area contributed by atoms with Crippen LogP contribution in [-0.2, 0) is 20.9 Å². The molecule has 1 heterocycles. The molecule has 6 heteroatoms. The number of aryl methyl sites for hydroxylation is 1. The first kappa shape index (κ1) is 17.7. The topological polar surface area (TPSA) is 78.5 Å². The Labute approximate surface area is 162 Å². The summed E-state index contributed by atoms with van der Waals surface area (Å²) in [5.41, 5.74) is 0.912. The van der Waals surface area contributed by atoms with Crippen molar-refractivity contribution in [3.8, 4) is 0 Å². The number of esters is 1. The van der Waals surface area contributed by atoms with E-state index in [0.29, 0.717) is 28.9 Å². The summed E-state index contributed by atoms with van der Waals surface area (Å²) < 4.78 is 11.9. The maximum atomic E-state index is 12.9. The molecule has 0 atom stereocenters. The van der Waals surface area contributed by atoms with Gasteiger partial charge in [-0.1, -0.05) is 12.1 Å². The fraction of sp³-hybridized carbons (Fsp3) is 0.591. The fourth-order valence-electron chi connectivity index (χ4n) is 6.25. The van der Waals surface area contributed by atoms with Crippen molar-refractivity contribution < 1.29 is 18.7 Å². The molecule has 0 radical (unpaired) electrons. The van der Waals surface area contributed by atoms with E-state index in [9.17, 15) is 14.4 Å². The van der Waals surface area contributed by atoms with Crippen molar-refractivity contribution in [1.29, 1.82) is 0 Å². The van der Waals surface area contributed by atoms with Gasteiger partial charge in [-0.25, -0.2) is 4.79 Å². The smallest absolute Gasteiger partial charge is 0.419 e. The maximum absolute atomic E-state index is 12.9. The summed E-state index contributed by atoms with van der Waals surface area (Å²) in [4.78, 5) is 37.1. The Morgan fingerprint density at radius 3 is 2.39 bits per heavy atom. The van der Waals surface area contributed by atoms with Crippen LogP contribution in [0.1, 0.15) is 44.9 Å². The molecule has 148 valence electrons. The van der Waals surface area contributed by atoms with E-state index in [2.05, 4.69) is 0 Å². The largest absolute Gasteiger partial charge is 0.458 e. The molecule has 4 bridgehead atoms. The second-order valence-electron chi connectivity index (χ2n) is 9.02. The van der Waals surface area contributed by atoms with Gasteiger partial charge in [0, 0.05) is 12.0 Å². The Morgan fingerprint density at radius 1 is 1.07 bits per heavy atom. The SMILES string of the molecule is O=C(CCn1c(=O)oc2ccccc21)OCC(=O)C12CC3CC(CC(C3)C1)C2. The predicted molar refractivity (Wildman–Crippen MR) is 102 cm³/mol. The molecule has 6 rings (SSSR count). The van der Waals surface area contributed by atoms with Gasteiger partial charge in [0.1, 0.15) is 0 Å². The molecule has 28 heavy (non-hydrogen) atoms. The Kier molecular flexibility index (Phi) is 4.18. The lowest BCUT2D eigenvalue weighted by atomic mass is 9.48. The van der Waals surface area contributed by atoms with Crippen LogP contribution in [-0.4, -0.2) is 22.9 Å². The standard InChI is InChI=1S/C22H25NO5/c24-19(22-10-14-7-15(11-22)9-16(8-14)12-22)13-27-20(25)5-6-23-17-3-1-2-4-18(17)28-21(23)26/h1-4,14-16H,5-13H2. The van der Waals surface area contributed by atoms with Gasteiger partial charge in [-0.05, 0) is 68.4 Å². The molecule has 0 N–H and O–H groups in total. The number of fused-ring (bicyclic) bond motifs is 1. The molecular formula is C22H25NO5. The zero-order valence-corrected chi connectivity index (χ0v) is 15.9. The quantitative estimate of drug-likeness (QED) is 0.715. The molecule has 1 aromatic carbocycles. The molecule has 4 aliphatic carbocycles. The lowest BCUT2D eigenvalue weighted by molar-refractivity contribution is -0.157. The van der Waals surface area contributed by atoms with Crippen molar-refractivity contribution in [2.75, 3.05) is 6.61 Å². The average Bonchev–Trinajstić information content (AvgIpc) is 2.98. The maximum Gasteiger partial charge on any atom is 0.419 e. The molecule has 4 fully saturated rings. The average molecular weight is 383 g/mol. The highest BCUT2D eigenvalue weighted by Gasteiger charge is 2.54. The van der Waals surface area contributed by atoms with Gasteiger partial charge in [0.05, 0.1) is 11.9 Å². The minimum Gasteiger partial charge on any atom is -0.458 e. The first-order chi connectivity index (χ1) is 13.5. The van der Waals surface area contributed by atoms with E-state index < -0.39 is 11.7 Å². The van der Waals surface area contributed by atoms with Crippen LogP contribution in [0.25, 0.3) is 11.1 Å². The molecule has 0 aliphatic heterocycles. The van der Waals surface area contributed by atoms with E-state index in [4.69, 9.17) is 9.15 Å². The molecule has 6 nitrogen and oxygen atoms in total. The second-order valence-corrected chi connectivity index (χ2v) is 9.02. The zero-order chi connectivity index (χ0) is 19.3. The van der Waals surface area contributed by atoms with E-state index >= 15 is 0 Å². The molecule has 1 aromatic heterocycles. The lowest BCUT2D eigenvalue weighted by Gasteiger charge is -2.55. The lowest BCUT2D eigenvalue weighted by Crippen LogP contribution is -2.51. The van der Waals surface area contributed by atoms with Crippen LogP contribution in [0.15, 0.2) is 33.5 Å². The number of ether oxygens (including phenoxy) is 1. The molecule has 0 unspecified atom stereocenters. The van der Waals surface area contributed by atoms with Gasteiger partial charge in [0.2, 0.25) is 0 Å². The summed E-state index contributed by atoms with van der Waals surface area (Å²) in [6, 6.07) is 7.11. The van der Waals surface area contributed by atoms with Gasteiger partial charge >= 0.3 is 11.7 Å². The van der Waals surface area contributed by atoms with E-state index in [1.54, 1.807) is 18.2 Å². The van der Waals surface area contributed by atoms with Gasteiger partial charge < -0.3 is 9.15 Å². The minimum atomic E-state index is -0.487.